The first kappa shape index (κ1) is 14.4. The Labute approximate surface area is 125 Å². The van der Waals surface area contributed by atoms with Crippen LogP contribution in [0.1, 0.15) is 17.2 Å². The highest BCUT2D eigenvalue weighted by Crippen LogP contribution is 2.25. The second kappa shape index (κ2) is 6.46. The molecule has 19 heavy (non-hydrogen) atoms. The van der Waals surface area contributed by atoms with Gasteiger partial charge in [-0.05, 0) is 58.7 Å². The van der Waals surface area contributed by atoms with Crippen LogP contribution in [0, 0.1) is 5.82 Å². The minimum atomic E-state index is -0.320. The molecule has 0 radical (unpaired) electrons. The third kappa shape index (κ3) is 3.75. The van der Waals surface area contributed by atoms with Crippen LogP contribution in [0.4, 0.5) is 4.39 Å². The van der Waals surface area contributed by atoms with Gasteiger partial charge in [0, 0.05) is 27.9 Å². The van der Waals surface area contributed by atoms with Gasteiger partial charge in [-0.15, -0.1) is 0 Å². The summed E-state index contributed by atoms with van der Waals surface area (Å²) in [5, 5.41) is 3.67. The second-order valence-corrected chi connectivity index (χ2v) is 5.54. The number of pyridine rings is 1. The van der Waals surface area contributed by atoms with Crippen LogP contribution in [0.15, 0.2) is 41.1 Å². The van der Waals surface area contributed by atoms with Crippen LogP contribution in [0.3, 0.4) is 0 Å². The highest BCUT2D eigenvalue weighted by Gasteiger charge is 2.13. The summed E-state index contributed by atoms with van der Waals surface area (Å²) in [6.07, 6.45) is 4.22. The van der Waals surface area contributed by atoms with Gasteiger partial charge in [-0.25, -0.2) is 4.39 Å². The molecule has 1 heterocycles. The van der Waals surface area contributed by atoms with E-state index in [1.54, 1.807) is 12.3 Å². The third-order valence-electron chi connectivity index (χ3n) is 2.92. The topological polar surface area (TPSA) is 24.9 Å². The average Bonchev–Trinajstić information content (AvgIpc) is 2.38. The van der Waals surface area contributed by atoms with Gasteiger partial charge in [-0.3, -0.25) is 4.98 Å². The molecule has 2 nitrogen and oxygen atoms in total. The van der Waals surface area contributed by atoms with Crippen molar-refractivity contribution in [1.82, 2.24) is 10.3 Å². The molecule has 2 aromatic rings. The lowest BCUT2D eigenvalue weighted by atomic mass is 10.0. The summed E-state index contributed by atoms with van der Waals surface area (Å²) >= 11 is 9.46. The van der Waals surface area contributed by atoms with Crippen LogP contribution in [0.25, 0.3) is 0 Å². The molecule has 0 aliphatic rings. The monoisotopic (exact) mass is 342 g/mol. The first-order valence-corrected chi connectivity index (χ1v) is 6.99. The van der Waals surface area contributed by atoms with Gasteiger partial charge in [0.2, 0.25) is 0 Å². The lowest BCUT2D eigenvalue weighted by Gasteiger charge is -2.17. The predicted molar refractivity (Wildman–Crippen MR) is 78.9 cm³/mol. The summed E-state index contributed by atoms with van der Waals surface area (Å²) < 4.78 is 14.0. The Morgan fingerprint density at radius 3 is 2.79 bits per heavy atom. The van der Waals surface area contributed by atoms with Gasteiger partial charge in [-0.2, -0.15) is 0 Å². The van der Waals surface area contributed by atoms with E-state index in [1.807, 2.05) is 19.3 Å². The molecule has 1 atom stereocenters. The molecule has 0 fully saturated rings. The number of nitrogens with one attached hydrogen (secondary N) is 1. The molecule has 0 aliphatic carbocycles. The van der Waals surface area contributed by atoms with E-state index in [-0.39, 0.29) is 11.9 Å². The van der Waals surface area contributed by atoms with Gasteiger partial charge < -0.3 is 5.32 Å². The van der Waals surface area contributed by atoms with Crippen molar-refractivity contribution in [2.45, 2.75) is 12.5 Å². The van der Waals surface area contributed by atoms with Crippen molar-refractivity contribution < 1.29 is 4.39 Å². The largest absolute Gasteiger partial charge is 0.313 e. The molecule has 0 saturated carbocycles. The smallest absolute Gasteiger partial charge is 0.124 e. The molecule has 100 valence electrons. The minimum Gasteiger partial charge on any atom is -0.313 e. The number of aromatic nitrogens is 1. The summed E-state index contributed by atoms with van der Waals surface area (Å²) in [6, 6.07) is 6.56. The zero-order valence-corrected chi connectivity index (χ0v) is 12.7. The predicted octanol–water partition coefficient (Wildman–Crippen LogP) is 4.14. The molecule has 0 saturated heterocycles. The van der Waals surface area contributed by atoms with Crippen molar-refractivity contribution >= 4 is 27.5 Å². The molecule has 0 spiro atoms. The molecule has 0 amide bonds. The number of nitrogens with zero attached hydrogens (tertiary/aromatic N) is 1. The van der Waals surface area contributed by atoms with Gasteiger partial charge in [0.25, 0.3) is 0 Å². The Balaban J connectivity index is 2.24. The number of halogens is 3. The SMILES string of the molecule is CNC(Cc1ccc(F)cc1Cl)c1cncc(Br)c1. The molecule has 5 heteroatoms. The van der Waals surface area contributed by atoms with E-state index in [1.165, 1.54) is 12.1 Å². The molecule has 1 aromatic carbocycles. The van der Waals surface area contributed by atoms with Crippen LogP contribution in [-0.2, 0) is 6.42 Å². The maximum Gasteiger partial charge on any atom is 0.124 e. The fourth-order valence-corrected chi connectivity index (χ4v) is 2.54. The fraction of sp³-hybridized carbons (Fsp3) is 0.214. The Hall–Kier alpha value is -0.970. The summed E-state index contributed by atoms with van der Waals surface area (Å²) in [5.41, 5.74) is 1.96. The van der Waals surface area contributed by atoms with E-state index >= 15 is 0 Å². The van der Waals surface area contributed by atoms with Crippen molar-refractivity contribution in [3.63, 3.8) is 0 Å². The molecule has 0 aliphatic heterocycles. The standard InChI is InChI=1S/C14H13BrClFN2/c1-18-14(10-4-11(15)8-19-7-10)5-9-2-3-12(17)6-13(9)16/h2-4,6-8,14,18H,5H2,1H3. The average molecular weight is 344 g/mol. The van der Waals surface area contributed by atoms with E-state index in [0.29, 0.717) is 11.4 Å². The zero-order valence-electron chi connectivity index (χ0n) is 10.3. The van der Waals surface area contributed by atoms with Crippen LogP contribution in [0.5, 0.6) is 0 Å². The number of hydrogen-bond acceptors (Lipinski definition) is 2. The number of hydrogen-bond donors (Lipinski definition) is 1. The van der Waals surface area contributed by atoms with Gasteiger partial charge in [-0.1, -0.05) is 17.7 Å². The highest BCUT2D eigenvalue weighted by atomic mass is 79.9. The Morgan fingerprint density at radius 2 is 2.16 bits per heavy atom. The second-order valence-electron chi connectivity index (χ2n) is 4.22. The molecule has 1 N–H and O–H groups in total. The van der Waals surface area contributed by atoms with E-state index in [2.05, 4.69) is 26.2 Å². The Bertz CT molecular complexity index is 577. The molecular formula is C14H13BrClFN2. The van der Waals surface area contributed by atoms with Gasteiger partial charge in [0.1, 0.15) is 5.82 Å². The van der Waals surface area contributed by atoms with Crippen LogP contribution in [-0.4, -0.2) is 12.0 Å². The number of benzene rings is 1. The fourth-order valence-electron chi connectivity index (χ4n) is 1.91. The molecule has 1 unspecified atom stereocenters. The lowest BCUT2D eigenvalue weighted by molar-refractivity contribution is 0.587. The van der Waals surface area contributed by atoms with Crippen LogP contribution in [0.2, 0.25) is 5.02 Å². The van der Waals surface area contributed by atoms with Crippen molar-refractivity contribution in [3.05, 3.63) is 63.1 Å². The first-order valence-electron chi connectivity index (χ1n) is 5.82. The summed E-state index contributed by atoms with van der Waals surface area (Å²) in [4.78, 5) is 4.15. The van der Waals surface area contributed by atoms with Gasteiger partial charge in [0.05, 0.1) is 0 Å². The maximum atomic E-state index is 13.0. The zero-order chi connectivity index (χ0) is 13.8. The number of rotatable bonds is 4. The van der Waals surface area contributed by atoms with E-state index in [0.717, 1.165) is 15.6 Å². The Kier molecular flexibility index (Phi) is 4.91. The first-order chi connectivity index (χ1) is 9.10. The molecule has 0 bridgehead atoms. The third-order valence-corrected chi connectivity index (χ3v) is 3.70. The normalized spacial score (nSPS) is 12.4. The van der Waals surface area contributed by atoms with Crippen molar-refractivity contribution in [2.75, 3.05) is 7.05 Å². The highest BCUT2D eigenvalue weighted by molar-refractivity contribution is 9.10. The van der Waals surface area contributed by atoms with E-state index in [9.17, 15) is 4.39 Å². The summed E-state index contributed by atoms with van der Waals surface area (Å²) in [6.45, 7) is 0. The minimum absolute atomic E-state index is 0.0768. The summed E-state index contributed by atoms with van der Waals surface area (Å²) in [7, 11) is 1.88. The van der Waals surface area contributed by atoms with Crippen molar-refractivity contribution in [3.8, 4) is 0 Å². The van der Waals surface area contributed by atoms with E-state index < -0.39 is 0 Å². The van der Waals surface area contributed by atoms with Gasteiger partial charge >= 0.3 is 0 Å². The lowest BCUT2D eigenvalue weighted by Crippen LogP contribution is -2.19. The molecular weight excluding hydrogens is 331 g/mol. The van der Waals surface area contributed by atoms with E-state index in [4.69, 9.17) is 11.6 Å². The van der Waals surface area contributed by atoms with Crippen LogP contribution < -0.4 is 5.32 Å². The molecule has 1 aromatic heterocycles. The quantitative estimate of drug-likeness (QED) is 0.902. The van der Waals surface area contributed by atoms with Gasteiger partial charge in [0.15, 0.2) is 0 Å². The number of likely N-dealkylation sites (N-methyl/N-ethyl adjacent to an activating group) is 1. The van der Waals surface area contributed by atoms with Crippen molar-refractivity contribution in [2.24, 2.45) is 0 Å². The molecule has 2 rings (SSSR count). The van der Waals surface area contributed by atoms with Crippen LogP contribution >= 0.6 is 27.5 Å². The van der Waals surface area contributed by atoms with Crippen molar-refractivity contribution in [1.29, 1.82) is 0 Å². The Morgan fingerprint density at radius 1 is 1.37 bits per heavy atom. The maximum absolute atomic E-state index is 13.0. The summed E-state index contributed by atoms with van der Waals surface area (Å²) in [5.74, 6) is -0.320.